The Morgan fingerprint density at radius 1 is 1.27 bits per heavy atom. The molecule has 0 unspecified atom stereocenters. The molecule has 0 amide bonds. The predicted octanol–water partition coefficient (Wildman–Crippen LogP) is 1.79. The normalized spacial score (nSPS) is 11.3. The van der Waals surface area contributed by atoms with Gasteiger partial charge in [0.2, 0.25) is 0 Å². The molecule has 0 aromatic heterocycles. The van der Waals surface area contributed by atoms with Crippen molar-refractivity contribution < 1.29 is 23.4 Å². The van der Waals surface area contributed by atoms with E-state index in [0.717, 1.165) is 0 Å². The summed E-state index contributed by atoms with van der Waals surface area (Å²) in [5, 5.41) is 8.58. The summed E-state index contributed by atoms with van der Waals surface area (Å²) in [5.41, 5.74) is -0.383. The van der Waals surface area contributed by atoms with E-state index in [1.807, 2.05) is 0 Å². The fraction of sp³-hybridized carbons (Fsp3) is 0.400. The van der Waals surface area contributed by atoms with Crippen molar-refractivity contribution in [1.82, 2.24) is 0 Å². The van der Waals surface area contributed by atoms with Gasteiger partial charge in [-0.15, -0.1) is 0 Å². The zero-order valence-corrected chi connectivity index (χ0v) is 8.46. The highest BCUT2D eigenvalue weighted by atomic mass is 19.3. The third-order valence-electron chi connectivity index (χ3n) is 2.00. The van der Waals surface area contributed by atoms with Crippen LogP contribution >= 0.6 is 0 Å². The van der Waals surface area contributed by atoms with Crippen molar-refractivity contribution >= 4 is 0 Å². The summed E-state index contributed by atoms with van der Waals surface area (Å²) >= 11 is 0. The van der Waals surface area contributed by atoms with Gasteiger partial charge in [0.05, 0.1) is 19.8 Å². The lowest BCUT2D eigenvalue weighted by Gasteiger charge is -2.18. The van der Waals surface area contributed by atoms with Crippen molar-refractivity contribution in [1.29, 1.82) is 0 Å². The molecule has 0 heterocycles. The molecule has 0 aliphatic heterocycles. The van der Waals surface area contributed by atoms with E-state index in [1.54, 1.807) is 0 Å². The van der Waals surface area contributed by atoms with Crippen LogP contribution in [0.15, 0.2) is 18.2 Å². The van der Waals surface area contributed by atoms with Crippen LogP contribution in [0.25, 0.3) is 0 Å². The number of benzene rings is 1. The van der Waals surface area contributed by atoms with Crippen molar-refractivity contribution in [3.05, 3.63) is 23.8 Å². The Kier molecular flexibility index (Phi) is 3.47. The van der Waals surface area contributed by atoms with Crippen LogP contribution in [0.5, 0.6) is 11.5 Å². The smallest absolute Gasteiger partial charge is 0.299 e. The summed E-state index contributed by atoms with van der Waals surface area (Å²) in [6, 6.07) is 4.12. The summed E-state index contributed by atoms with van der Waals surface area (Å²) in [4.78, 5) is 0. The third kappa shape index (κ3) is 2.18. The van der Waals surface area contributed by atoms with Gasteiger partial charge in [0.1, 0.15) is 6.61 Å². The zero-order valence-electron chi connectivity index (χ0n) is 8.46. The lowest BCUT2D eigenvalue weighted by atomic mass is 10.1. The van der Waals surface area contributed by atoms with Crippen molar-refractivity contribution in [3.8, 4) is 11.5 Å². The van der Waals surface area contributed by atoms with Crippen LogP contribution in [-0.2, 0) is 5.92 Å². The highest BCUT2D eigenvalue weighted by Crippen LogP contribution is 2.39. The highest BCUT2D eigenvalue weighted by molar-refractivity contribution is 5.48. The van der Waals surface area contributed by atoms with Gasteiger partial charge in [-0.3, -0.25) is 0 Å². The van der Waals surface area contributed by atoms with Gasteiger partial charge in [0, 0.05) is 0 Å². The lowest BCUT2D eigenvalue weighted by Crippen LogP contribution is -2.19. The molecule has 5 heteroatoms. The number of aliphatic hydroxyl groups is 1. The van der Waals surface area contributed by atoms with Crippen LogP contribution in [0.2, 0.25) is 0 Å². The van der Waals surface area contributed by atoms with Crippen LogP contribution in [0.3, 0.4) is 0 Å². The Morgan fingerprint density at radius 3 is 2.40 bits per heavy atom. The fourth-order valence-electron chi connectivity index (χ4n) is 1.26. The number of ether oxygens (including phenoxy) is 2. The molecular weight excluding hydrogens is 206 g/mol. The topological polar surface area (TPSA) is 38.7 Å². The van der Waals surface area contributed by atoms with E-state index < -0.39 is 12.5 Å². The number of para-hydroxylation sites is 1. The number of aliphatic hydroxyl groups excluding tert-OH is 1. The Labute approximate surface area is 86.2 Å². The number of hydrogen-bond donors (Lipinski definition) is 1. The van der Waals surface area contributed by atoms with E-state index in [4.69, 9.17) is 14.6 Å². The Balaban J connectivity index is 3.29. The molecule has 0 saturated heterocycles. The van der Waals surface area contributed by atoms with E-state index in [0.29, 0.717) is 0 Å². The Morgan fingerprint density at radius 2 is 1.93 bits per heavy atom. The molecular formula is C10H12F2O3. The molecule has 0 saturated carbocycles. The first kappa shape index (κ1) is 11.7. The molecule has 1 aromatic carbocycles. The molecule has 0 aliphatic rings. The Hall–Kier alpha value is -1.36. The minimum Gasteiger partial charge on any atom is -0.493 e. The molecule has 0 bridgehead atoms. The largest absolute Gasteiger partial charge is 0.493 e. The van der Waals surface area contributed by atoms with Crippen molar-refractivity contribution in [2.24, 2.45) is 0 Å². The summed E-state index contributed by atoms with van der Waals surface area (Å²) in [6.07, 6.45) is 0. The van der Waals surface area contributed by atoms with Gasteiger partial charge >= 0.3 is 0 Å². The second-order valence-corrected chi connectivity index (χ2v) is 2.90. The Bertz CT molecular complexity index is 339. The number of rotatable bonds is 4. The second-order valence-electron chi connectivity index (χ2n) is 2.90. The monoisotopic (exact) mass is 218 g/mol. The molecule has 0 aliphatic carbocycles. The van der Waals surface area contributed by atoms with E-state index in [2.05, 4.69) is 0 Å². The lowest BCUT2D eigenvalue weighted by molar-refractivity contribution is -0.0573. The van der Waals surface area contributed by atoms with E-state index >= 15 is 0 Å². The SMILES string of the molecule is COc1cccc(C(F)(F)CO)c1OC. The van der Waals surface area contributed by atoms with E-state index in [-0.39, 0.29) is 17.1 Å². The van der Waals surface area contributed by atoms with Crippen LogP contribution in [0.1, 0.15) is 5.56 Å². The van der Waals surface area contributed by atoms with Crippen LogP contribution in [0, 0.1) is 0 Å². The van der Waals surface area contributed by atoms with Crippen LogP contribution < -0.4 is 9.47 Å². The molecule has 0 atom stereocenters. The van der Waals surface area contributed by atoms with E-state index in [9.17, 15) is 8.78 Å². The van der Waals surface area contributed by atoms with Crippen molar-refractivity contribution in [2.75, 3.05) is 20.8 Å². The van der Waals surface area contributed by atoms with Crippen molar-refractivity contribution in [2.45, 2.75) is 5.92 Å². The first-order valence-electron chi connectivity index (χ1n) is 4.27. The summed E-state index contributed by atoms with van der Waals surface area (Å²) in [6.45, 7) is -1.27. The average molecular weight is 218 g/mol. The number of hydrogen-bond acceptors (Lipinski definition) is 3. The van der Waals surface area contributed by atoms with Gasteiger partial charge < -0.3 is 14.6 Å². The molecule has 1 rings (SSSR count). The molecule has 0 fully saturated rings. The minimum absolute atomic E-state index is 0.0564. The standard InChI is InChI=1S/C10H12F2O3/c1-14-8-5-3-4-7(9(8)15-2)10(11,12)6-13/h3-5,13H,6H2,1-2H3. The first-order valence-corrected chi connectivity index (χ1v) is 4.27. The number of alkyl halides is 2. The summed E-state index contributed by atoms with van der Waals surface area (Å²) in [7, 11) is 2.63. The summed E-state index contributed by atoms with van der Waals surface area (Å²) in [5.74, 6) is -3.18. The quantitative estimate of drug-likeness (QED) is 0.837. The molecule has 1 N–H and O–H groups in total. The molecule has 3 nitrogen and oxygen atoms in total. The maximum Gasteiger partial charge on any atom is 0.299 e. The van der Waals surface area contributed by atoms with E-state index in [1.165, 1.54) is 32.4 Å². The van der Waals surface area contributed by atoms with Gasteiger partial charge in [-0.25, -0.2) is 0 Å². The average Bonchev–Trinajstić information content (AvgIpc) is 2.27. The zero-order chi connectivity index (χ0) is 11.5. The first-order chi connectivity index (χ1) is 7.06. The molecule has 0 radical (unpaired) electrons. The second kappa shape index (κ2) is 4.44. The molecule has 1 aromatic rings. The number of methoxy groups -OCH3 is 2. The molecule has 0 spiro atoms. The molecule has 15 heavy (non-hydrogen) atoms. The summed E-state index contributed by atoms with van der Waals surface area (Å²) < 4.78 is 36.2. The van der Waals surface area contributed by atoms with Gasteiger partial charge in [-0.05, 0) is 12.1 Å². The minimum atomic E-state index is -3.33. The predicted molar refractivity (Wildman–Crippen MR) is 50.5 cm³/mol. The van der Waals surface area contributed by atoms with Crippen LogP contribution in [0.4, 0.5) is 8.78 Å². The third-order valence-corrected chi connectivity index (χ3v) is 2.00. The van der Waals surface area contributed by atoms with Crippen molar-refractivity contribution in [3.63, 3.8) is 0 Å². The number of halogens is 2. The highest BCUT2D eigenvalue weighted by Gasteiger charge is 2.35. The maximum absolute atomic E-state index is 13.3. The van der Waals surface area contributed by atoms with Gasteiger partial charge in [0.25, 0.3) is 5.92 Å². The van der Waals surface area contributed by atoms with Gasteiger partial charge in [0.15, 0.2) is 11.5 Å². The van der Waals surface area contributed by atoms with Crippen LogP contribution in [-0.4, -0.2) is 25.9 Å². The van der Waals surface area contributed by atoms with Gasteiger partial charge in [-0.2, -0.15) is 8.78 Å². The maximum atomic E-state index is 13.3. The van der Waals surface area contributed by atoms with Gasteiger partial charge in [-0.1, -0.05) is 6.07 Å². The fourth-order valence-corrected chi connectivity index (χ4v) is 1.26. The molecule has 84 valence electrons.